The molecular weight excluding hydrogens is 136 g/mol. The summed E-state index contributed by atoms with van der Waals surface area (Å²) in [6.07, 6.45) is 4.46. The van der Waals surface area contributed by atoms with E-state index in [9.17, 15) is 0 Å². The minimum Gasteiger partial charge on any atom is -0.483 e. The number of hydrogen-bond donors (Lipinski definition) is 1. The average Bonchev–Trinajstić information content (AvgIpc) is 1.88. The van der Waals surface area contributed by atoms with Gasteiger partial charge in [0.25, 0.3) is 0 Å². The molecule has 0 saturated carbocycles. The molecule has 50 valence electrons. The van der Waals surface area contributed by atoms with E-state index in [1.807, 2.05) is 6.08 Å². The van der Waals surface area contributed by atoms with Crippen LogP contribution in [0.5, 0.6) is 0 Å². The Balaban J connectivity index is 2.55. The Labute approximate surface area is 59.5 Å². The number of methoxy groups -OCH3 is 1. The summed E-state index contributed by atoms with van der Waals surface area (Å²) in [5, 5.41) is 3.91. The highest BCUT2D eigenvalue weighted by atomic mass is 32.1. The maximum absolute atomic E-state index is 4.87. The minimum absolute atomic E-state index is 0.688. The van der Waals surface area contributed by atoms with Gasteiger partial charge >= 0.3 is 0 Å². The van der Waals surface area contributed by atoms with Crippen molar-refractivity contribution in [1.29, 1.82) is 0 Å². The lowest BCUT2D eigenvalue weighted by Gasteiger charge is -2.11. The Hall–Kier alpha value is -0.640. The first-order valence-electron chi connectivity index (χ1n) is 2.59. The lowest BCUT2D eigenvalue weighted by Crippen LogP contribution is -2.09. The molecule has 0 spiro atoms. The van der Waals surface area contributed by atoms with Crippen LogP contribution in [0.2, 0.25) is 0 Å². The third-order valence-electron chi connectivity index (χ3n) is 0.981. The van der Waals surface area contributed by atoms with E-state index in [0.717, 1.165) is 6.42 Å². The number of nitrogens with zero attached hydrogens (tertiary/aromatic N) is 2. The number of rotatable bonds is 0. The summed E-state index contributed by atoms with van der Waals surface area (Å²) in [7, 11) is 1.60. The second-order valence-corrected chi connectivity index (χ2v) is 2.02. The van der Waals surface area contributed by atoms with Gasteiger partial charge in [0.15, 0.2) is 0 Å². The lowest BCUT2D eigenvalue weighted by molar-refractivity contribution is 0.380. The maximum atomic E-state index is 4.87. The quantitative estimate of drug-likeness (QED) is 0.513. The fourth-order valence-corrected chi connectivity index (χ4v) is 0.754. The first kappa shape index (κ1) is 6.48. The van der Waals surface area contributed by atoms with Gasteiger partial charge in [-0.1, -0.05) is 6.08 Å². The first-order chi connectivity index (χ1) is 4.33. The third kappa shape index (κ3) is 1.64. The van der Waals surface area contributed by atoms with Crippen molar-refractivity contribution in [1.82, 2.24) is 4.41 Å². The molecule has 1 heterocycles. The molecule has 3 nitrogen and oxygen atoms in total. The van der Waals surface area contributed by atoms with E-state index >= 15 is 0 Å². The Morgan fingerprint density at radius 3 is 3.11 bits per heavy atom. The fourth-order valence-electron chi connectivity index (χ4n) is 0.560. The van der Waals surface area contributed by atoms with Gasteiger partial charge in [-0.25, -0.2) is 4.41 Å². The zero-order chi connectivity index (χ0) is 6.69. The van der Waals surface area contributed by atoms with Gasteiger partial charge in [-0.15, -0.1) is 5.10 Å². The van der Waals surface area contributed by atoms with Crippen LogP contribution in [0.3, 0.4) is 0 Å². The first-order valence-corrected chi connectivity index (χ1v) is 2.99. The number of hydrogen-bond acceptors (Lipinski definition) is 4. The van der Waals surface area contributed by atoms with Crippen molar-refractivity contribution < 1.29 is 4.74 Å². The summed E-state index contributed by atoms with van der Waals surface area (Å²) in [4.78, 5) is 0. The standard InChI is InChI=1S/C5H8N2OS/c1-8-5-3-2-4-7(9)6-5/h2,4,9H,3H2,1H3. The molecule has 1 rings (SSSR count). The van der Waals surface area contributed by atoms with Crippen LogP contribution >= 0.6 is 12.8 Å². The van der Waals surface area contributed by atoms with Crippen molar-refractivity contribution in [3.63, 3.8) is 0 Å². The molecule has 0 fully saturated rings. The SMILES string of the molecule is COC1=NN(S)C=CC1. The maximum Gasteiger partial charge on any atom is 0.211 e. The summed E-state index contributed by atoms with van der Waals surface area (Å²) in [6.45, 7) is 0. The number of hydrazone groups is 1. The smallest absolute Gasteiger partial charge is 0.211 e. The molecule has 0 aromatic carbocycles. The van der Waals surface area contributed by atoms with Gasteiger partial charge in [-0.05, 0) is 12.8 Å². The normalized spacial score (nSPS) is 17.6. The van der Waals surface area contributed by atoms with Gasteiger partial charge in [0, 0.05) is 12.6 Å². The van der Waals surface area contributed by atoms with E-state index in [1.54, 1.807) is 13.3 Å². The van der Waals surface area contributed by atoms with Crippen LogP contribution in [-0.4, -0.2) is 17.4 Å². The molecule has 0 radical (unpaired) electrons. The van der Waals surface area contributed by atoms with Gasteiger partial charge in [0.2, 0.25) is 5.90 Å². The molecule has 0 saturated heterocycles. The second-order valence-electron chi connectivity index (χ2n) is 1.61. The highest BCUT2D eigenvalue weighted by Gasteiger charge is 2.01. The van der Waals surface area contributed by atoms with Crippen LogP contribution < -0.4 is 0 Å². The molecule has 0 unspecified atom stereocenters. The van der Waals surface area contributed by atoms with E-state index in [4.69, 9.17) is 4.74 Å². The average molecular weight is 144 g/mol. The molecule has 0 atom stereocenters. The molecule has 0 aromatic heterocycles. The van der Waals surface area contributed by atoms with E-state index < -0.39 is 0 Å². The van der Waals surface area contributed by atoms with Crippen LogP contribution in [-0.2, 0) is 4.74 Å². The van der Waals surface area contributed by atoms with Crippen molar-refractivity contribution in [2.45, 2.75) is 6.42 Å². The summed E-state index contributed by atoms with van der Waals surface area (Å²) in [6, 6.07) is 0. The zero-order valence-corrected chi connectivity index (χ0v) is 6.01. The minimum atomic E-state index is 0.688. The molecular formula is C5H8N2OS. The molecule has 1 aliphatic heterocycles. The fraction of sp³-hybridized carbons (Fsp3) is 0.400. The Morgan fingerprint density at radius 2 is 2.67 bits per heavy atom. The van der Waals surface area contributed by atoms with E-state index in [2.05, 4.69) is 17.9 Å². The second kappa shape index (κ2) is 2.77. The topological polar surface area (TPSA) is 24.8 Å². The van der Waals surface area contributed by atoms with Crippen molar-refractivity contribution in [3.8, 4) is 0 Å². The highest BCUT2D eigenvalue weighted by molar-refractivity contribution is 7.77. The monoisotopic (exact) mass is 144 g/mol. The molecule has 0 N–H and O–H groups in total. The summed E-state index contributed by atoms with van der Waals surface area (Å²) >= 11 is 3.95. The number of ether oxygens (including phenoxy) is 1. The predicted octanol–water partition coefficient (Wildman–Crippen LogP) is 1.01. The van der Waals surface area contributed by atoms with Crippen molar-refractivity contribution >= 4 is 18.7 Å². The molecule has 1 aliphatic rings. The third-order valence-corrected chi connectivity index (χ3v) is 1.20. The molecule has 0 aromatic rings. The molecule has 4 heteroatoms. The van der Waals surface area contributed by atoms with Crippen LogP contribution in [0, 0.1) is 0 Å². The predicted molar refractivity (Wildman–Crippen MR) is 39.0 cm³/mol. The summed E-state index contributed by atoms with van der Waals surface area (Å²) in [5.74, 6) is 0.688. The summed E-state index contributed by atoms with van der Waals surface area (Å²) in [5.41, 5.74) is 0. The van der Waals surface area contributed by atoms with Gasteiger partial charge < -0.3 is 4.74 Å². The van der Waals surface area contributed by atoms with Crippen molar-refractivity contribution in [2.75, 3.05) is 7.11 Å². The van der Waals surface area contributed by atoms with Crippen LogP contribution in [0.25, 0.3) is 0 Å². The largest absolute Gasteiger partial charge is 0.483 e. The highest BCUT2D eigenvalue weighted by Crippen LogP contribution is 2.05. The van der Waals surface area contributed by atoms with Gasteiger partial charge in [-0.3, -0.25) is 0 Å². The van der Waals surface area contributed by atoms with Crippen LogP contribution in [0.1, 0.15) is 6.42 Å². The lowest BCUT2D eigenvalue weighted by atomic mass is 10.4. The van der Waals surface area contributed by atoms with Crippen LogP contribution in [0.4, 0.5) is 0 Å². The Bertz CT molecular complexity index is 155. The number of thiol groups is 1. The van der Waals surface area contributed by atoms with E-state index in [0.29, 0.717) is 5.90 Å². The Morgan fingerprint density at radius 1 is 1.89 bits per heavy atom. The van der Waals surface area contributed by atoms with Crippen molar-refractivity contribution in [3.05, 3.63) is 12.3 Å². The molecule has 9 heavy (non-hydrogen) atoms. The summed E-state index contributed by atoms with van der Waals surface area (Å²) < 4.78 is 6.29. The van der Waals surface area contributed by atoms with Gasteiger partial charge in [0.1, 0.15) is 0 Å². The van der Waals surface area contributed by atoms with Crippen LogP contribution in [0.15, 0.2) is 17.4 Å². The van der Waals surface area contributed by atoms with Gasteiger partial charge in [-0.2, -0.15) is 0 Å². The van der Waals surface area contributed by atoms with E-state index in [1.165, 1.54) is 4.41 Å². The van der Waals surface area contributed by atoms with Gasteiger partial charge in [0.05, 0.1) is 7.11 Å². The molecule has 0 bridgehead atoms. The zero-order valence-electron chi connectivity index (χ0n) is 5.11. The van der Waals surface area contributed by atoms with Crippen molar-refractivity contribution in [2.24, 2.45) is 5.10 Å². The molecule has 0 aliphatic carbocycles. The van der Waals surface area contributed by atoms with E-state index in [-0.39, 0.29) is 0 Å². The Kier molecular flexibility index (Phi) is 2.00. The molecule has 0 amide bonds.